The van der Waals surface area contributed by atoms with Gasteiger partial charge in [0, 0.05) is 6.42 Å². The summed E-state index contributed by atoms with van der Waals surface area (Å²) >= 11 is 0. The summed E-state index contributed by atoms with van der Waals surface area (Å²) in [5.41, 5.74) is 0. The van der Waals surface area contributed by atoms with E-state index in [-0.39, 0.29) is 37.3 Å². The number of hydrogen-bond donors (Lipinski definition) is 0. The van der Waals surface area contributed by atoms with Crippen molar-refractivity contribution < 1.29 is 19.1 Å². The summed E-state index contributed by atoms with van der Waals surface area (Å²) in [6, 6.07) is 0. The van der Waals surface area contributed by atoms with Crippen LogP contribution in [-0.4, -0.2) is 31.1 Å². The fourth-order valence-electron chi connectivity index (χ4n) is 2.52. The first-order valence-electron chi connectivity index (χ1n) is 7.44. The zero-order chi connectivity index (χ0) is 14.1. The van der Waals surface area contributed by atoms with Gasteiger partial charge in [-0.15, -0.1) is 0 Å². The predicted octanol–water partition coefficient (Wildman–Crippen LogP) is 2.88. The van der Waals surface area contributed by atoms with E-state index in [1.807, 2.05) is 0 Å². The Morgan fingerprint density at radius 1 is 1.16 bits per heavy atom. The van der Waals surface area contributed by atoms with Crippen LogP contribution in [-0.2, 0) is 19.1 Å². The topological polar surface area (TPSA) is 52.6 Å². The quantitative estimate of drug-likeness (QED) is 0.636. The largest absolute Gasteiger partial charge is 0.466 e. The molecule has 2 unspecified atom stereocenters. The summed E-state index contributed by atoms with van der Waals surface area (Å²) < 4.78 is 10.5. The molecule has 0 saturated heterocycles. The summed E-state index contributed by atoms with van der Waals surface area (Å²) in [5, 5.41) is 0. The van der Waals surface area contributed by atoms with Gasteiger partial charge in [-0.2, -0.15) is 0 Å². The first-order chi connectivity index (χ1) is 9.15. The molecule has 110 valence electrons. The number of carbonyl (C=O) groups is 2. The van der Waals surface area contributed by atoms with Gasteiger partial charge in [0.15, 0.2) is 5.78 Å². The lowest BCUT2D eigenvalue weighted by Gasteiger charge is -2.28. The maximum Gasteiger partial charge on any atom is 0.306 e. The van der Waals surface area contributed by atoms with Crippen molar-refractivity contribution in [1.29, 1.82) is 0 Å². The van der Waals surface area contributed by atoms with Gasteiger partial charge >= 0.3 is 5.97 Å². The van der Waals surface area contributed by atoms with Crippen LogP contribution in [0.4, 0.5) is 0 Å². The van der Waals surface area contributed by atoms with Crippen molar-refractivity contribution in [3.63, 3.8) is 0 Å². The molecule has 1 aliphatic rings. The highest BCUT2D eigenvalue weighted by Crippen LogP contribution is 2.28. The average Bonchev–Trinajstić information content (AvgIpc) is 2.43. The first kappa shape index (κ1) is 16.2. The van der Waals surface area contributed by atoms with E-state index in [1.54, 1.807) is 6.92 Å². The molecule has 0 aromatic heterocycles. The van der Waals surface area contributed by atoms with Gasteiger partial charge in [0.05, 0.1) is 19.1 Å². The SMILES string of the molecule is CCOC(=O)CCC(=O)COC1CCCC(CC)C1. The molecule has 0 spiro atoms. The monoisotopic (exact) mass is 270 g/mol. The number of esters is 1. The molecular weight excluding hydrogens is 244 g/mol. The van der Waals surface area contributed by atoms with Crippen LogP contribution < -0.4 is 0 Å². The lowest BCUT2D eigenvalue weighted by molar-refractivity contribution is -0.144. The standard InChI is InChI=1S/C15H26O4/c1-3-12-6-5-7-14(10-12)19-11-13(16)8-9-15(17)18-4-2/h12,14H,3-11H2,1-2H3. The predicted molar refractivity (Wildman–Crippen MR) is 72.9 cm³/mol. The minimum atomic E-state index is -0.306. The van der Waals surface area contributed by atoms with Crippen LogP contribution in [0.1, 0.15) is 58.8 Å². The molecular formula is C15H26O4. The Balaban J connectivity index is 2.14. The summed E-state index contributed by atoms with van der Waals surface area (Å²) in [5.74, 6) is 0.430. The molecule has 1 aliphatic carbocycles. The Hall–Kier alpha value is -0.900. The molecule has 0 N–H and O–H groups in total. The molecule has 0 aromatic carbocycles. The Morgan fingerprint density at radius 2 is 1.95 bits per heavy atom. The van der Waals surface area contributed by atoms with Gasteiger partial charge in [0.1, 0.15) is 6.61 Å². The van der Waals surface area contributed by atoms with Gasteiger partial charge in [-0.25, -0.2) is 0 Å². The highest BCUT2D eigenvalue weighted by molar-refractivity contribution is 5.83. The maximum absolute atomic E-state index is 11.6. The molecule has 4 nitrogen and oxygen atoms in total. The lowest BCUT2D eigenvalue weighted by atomic mass is 9.85. The van der Waals surface area contributed by atoms with Gasteiger partial charge < -0.3 is 9.47 Å². The van der Waals surface area contributed by atoms with E-state index in [1.165, 1.54) is 19.3 Å². The molecule has 0 aliphatic heterocycles. The second-order valence-corrected chi connectivity index (χ2v) is 5.22. The van der Waals surface area contributed by atoms with Gasteiger partial charge in [0.2, 0.25) is 0 Å². The molecule has 0 radical (unpaired) electrons. The smallest absolute Gasteiger partial charge is 0.306 e. The third kappa shape index (κ3) is 6.71. The molecule has 2 atom stereocenters. The van der Waals surface area contributed by atoms with Crippen LogP contribution in [0, 0.1) is 5.92 Å². The molecule has 0 amide bonds. The van der Waals surface area contributed by atoms with Crippen molar-refractivity contribution in [3.05, 3.63) is 0 Å². The molecule has 0 bridgehead atoms. The van der Waals surface area contributed by atoms with Crippen molar-refractivity contribution in [2.45, 2.75) is 64.9 Å². The summed E-state index contributed by atoms with van der Waals surface area (Å²) in [6.45, 7) is 4.47. The highest BCUT2D eigenvalue weighted by Gasteiger charge is 2.21. The number of ketones is 1. The lowest BCUT2D eigenvalue weighted by Crippen LogP contribution is -2.25. The van der Waals surface area contributed by atoms with Gasteiger partial charge in [-0.1, -0.05) is 26.2 Å². The highest BCUT2D eigenvalue weighted by atomic mass is 16.5. The van der Waals surface area contributed by atoms with Crippen molar-refractivity contribution in [2.75, 3.05) is 13.2 Å². The molecule has 1 rings (SSSR count). The Morgan fingerprint density at radius 3 is 2.63 bits per heavy atom. The van der Waals surface area contributed by atoms with Crippen molar-refractivity contribution >= 4 is 11.8 Å². The Kier molecular flexibility index (Phi) is 7.72. The Bertz CT molecular complexity index is 288. The number of Topliss-reactive ketones (excluding diaryl/α,β-unsaturated/α-hetero) is 1. The second-order valence-electron chi connectivity index (χ2n) is 5.22. The van der Waals surface area contributed by atoms with Crippen molar-refractivity contribution in [1.82, 2.24) is 0 Å². The third-order valence-corrected chi connectivity index (χ3v) is 3.71. The van der Waals surface area contributed by atoms with Crippen molar-refractivity contribution in [2.24, 2.45) is 5.92 Å². The zero-order valence-electron chi connectivity index (χ0n) is 12.2. The van der Waals surface area contributed by atoms with E-state index in [0.717, 1.165) is 18.8 Å². The van der Waals surface area contributed by atoms with Crippen LogP contribution in [0.15, 0.2) is 0 Å². The molecule has 0 aromatic rings. The molecule has 4 heteroatoms. The van der Waals surface area contributed by atoms with Crippen LogP contribution >= 0.6 is 0 Å². The van der Waals surface area contributed by atoms with E-state index in [9.17, 15) is 9.59 Å². The molecule has 19 heavy (non-hydrogen) atoms. The van der Waals surface area contributed by atoms with Gasteiger partial charge in [0.25, 0.3) is 0 Å². The van der Waals surface area contributed by atoms with Crippen molar-refractivity contribution in [3.8, 4) is 0 Å². The average molecular weight is 270 g/mol. The minimum absolute atomic E-state index is 0.00771. The first-order valence-corrected chi connectivity index (χ1v) is 7.44. The third-order valence-electron chi connectivity index (χ3n) is 3.71. The maximum atomic E-state index is 11.6. The van der Waals surface area contributed by atoms with Crippen LogP contribution in [0.2, 0.25) is 0 Å². The van der Waals surface area contributed by atoms with E-state index >= 15 is 0 Å². The molecule has 1 saturated carbocycles. The number of carbonyl (C=O) groups excluding carboxylic acids is 2. The normalized spacial score (nSPS) is 23.1. The number of hydrogen-bond acceptors (Lipinski definition) is 4. The van der Waals surface area contributed by atoms with E-state index in [0.29, 0.717) is 6.61 Å². The molecule has 0 heterocycles. The second kappa shape index (κ2) is 9.08. The Labute approximate surface area is 115 Å². The number of ether oxygens (including phenoxy) is 2. The van der Waals surface area contributed by atoms with Crippen LogP contribution in [0.25, 0.3) is 0 Å². The summed E-state index contributed by atoms with van der Waals surface area (Å²) in [7, 11) is 0. The van der Waals surface area contributed by atoms with Gasteiger partial charge in [-0.3, -0.25) is 9.59 Å². The van der Waals surface area contributed by atoms with Gasteiger partial charge in [-0.05, 0) is 25.7 Å². The fraction of sp³-hybridized carbons (Fsp3) is 0.867. The zero-order valence-corrected chi connectivity index (χ0v) is 12.2. The van der Waals surface area contributed by atoms with E-state index in [2.05, 4.69) is 6.92 Å². The van der Waals surface area contributed by atoms with Crippen LogP contribution in [0.3, 0.4) is 0 Å². The molecule has 1 fully saturated rings. The van der Waals surface area contributed by atoms with E-state index < -0.39 is 0 Å². The summed E-state index contributed by atoms with van der Waals surface area (Å²) in [4.78, 5) is 22.7. The number of rotatable bonds is 8. The fourth-order valence-corrected chi connectivity index (χ4v) is 2.52. The van der Waals surface area contributed by atoms with E-state index in [4.69, 9.17) is 9.47 Å². The van der Waals surface area contributed by atoms with Crippen LogP contribution in [0.5, 0.6) is 0 Å². The summed E-state index contributed by atoms with van der Waals surface area (Å²) in [6.07, 6.45) is 6.42. The minimum Gasteiger partial charge on any atom is -0.466 e.